The van der Waals surface area contributed by atoms with Gasteiger partial charge in [0.1, 0.15) is 0 Å². The Kier molecular flexibility index (Phi) is 4.83. The summed E-state index contributed by atoms with van der Waals surface area (Å²) in [5, 5.41) is 0. The number of hydrogen-bond acceptors (Lipinski definition) is 1. The molecule has 0 unspecified atom stereocenters. The van der Waals surface area contributed by atoms with Crippen molar-refractivity contribution < 1.29 is 0 Å². The zero-order chi connectivity index (χ0) is 20.9. The largest absolute Gasteiger partial charge is 0.310 e. The monoisotopic (exact) mass is 517 g/mol. The van der Waals surface area contributed by atoms with Gasteiger partial charge in [-0.1, -0.05) is 100 Å². The maximum absolute atomic E-state index is 3.68. The summed E-state index contributed by atoms with van der Waals surface area (Å²) in [6, 6.07) is 32.5. The summed E-state index contributed by atoms with van der Waals surface area (Å²) < 4.78 is 2.09. The lowest BCUT2D eigenvalue weighted by molar-refractivity contribution is 0.660. The summed E-state index contributed by atoms with van der Waals surface area (Å²) in [7, 11) is 0. The molecule has 0 heterocycles. The first-order chi connectivity index (χ1) is 14.5. The number of anilines is 3. The molecule has 30 heavy (non-hydrogen) atoms. The molecule has 1 nitrogen and oxygen atoms in total. The van der Waals surface area contributed by atoms with Crippen molar-refractivity contribution in [2.45, 2.75) is 19.3 Å². The van der Waals surface area contributed by atoms with Crippen molar-refractivity contribution in [3.63, 3.8) is 0 Å². The molecule has 1 aliphatic carbocycles. The van der Waals surface area contributed by atoms with Gasteiger partial charge in [0.05, 0.1) is 5.69 Å². The lowest BCUT2D eigenvalue weighted by Gasteiger charge is -2.29. The summed E-state index contributed by atoms with van der Waals surface area (Å²) in [4.78, 5) is 2.35. The van der Waals surface area contributed by atoms with Crippen LogP contribution in [0.5, 0.6) is 0 Å². The van der Waals surface area contributed by atoms with Crippen molar-refractivity contribution in [1.82, 2.24) is 0 Å². The minimum absolute atomic E-state index is 0.0256. The van der Waals surface area contributed by atoms with Gasteiger partial charge in [-0.3, -0.25) is 0 Å². The first kappa shape index (κ1) is 19.6. The van der Waals surface area contributed by atoms with Crippen molar-refractivity contribution in [1.29, 1.82) is 0 Å². The van der Waals surface area contributed by atoms with Gasteiger partial charge in [0, 0.05) is 31.3 Å². The predicted molar refractivity (Wildman–Crippen MR) is 134 cm³/mol. The number of rotatable bonds is 3. The second kappa shape index (κ2) is 7.40. The van der Waals surface area contributed by atoms with Crippen LogP contribution in [-0.2, 0) is 5.41 Å². The minimum Gasteiger partial charge on any atom is -0.310 e. The smallest absolute Gasteiger partial charge is 0.0543 e. The molecule has 148 valence electrons. The molecular formula is C27H21Br2N. The minimum atomic E-state index is -0.0256. The van der Waals surface area contributed by atoms with E-state index in [9.17, 15) is 0 Å². The van der Waals surface area contributed by atoms with E-state index in [1.54, 1.807) is 0 Å². The van der Waals surface area contributed by atoms with Gasteiger partial charge in [-0.15, -0.1) is 0 Å². The van der Waals surface area contributed by atoms with Gasteiger partial charge in [-0.2, -0.15) is 0 Å². The lowest BCUT2D eigenvalue weighted by Crippen LogP contribution is -2.16. The molecule has 0 spiro atoms. The predicted octanol–water partition coefficient (Wildman–Crippen LogP) is 8.99. The molecule has 0 saturated carbocycles. The molecule has 0 atom stereocenters. The van der Waals surface area contributed by atoms with E-state index in [2.05, 4.69) is 142 Å². The molecule has 4 aromatic rings. The van der Waals surface area contributed by atoms with Crippen molar-refractivity contribution >= 4 is 48.9 Å². The van der Waals surface area contributed by atoms with Gasteiger partial charge in [0.2, 0.25) is 0 Å². The van der Waals surface area contributed by atoms with Crippen LogP contribution in [0.1, 0.15) is 25.0 Å². The van der Waals surface area contributed by atoms with E-state index in [-0.39, 0.29) is 5.41 Å². The van der Waals surface area contributed by atoms with Crippen LogP contribution in [0, 0.1) is 0 Å². The van der Waals surface area contributed by atoms with Crippen molar-refractivity contribution in [3.8, 4) is 11.1 Å². The number of fused-ring (bicyclic) bond motifs is 3. The second-order valence-corrected chi connectivity index (χ2v) is 10.0. The fourth-order valence-corrected chi connectivity index (χ4v) is 5.86. The van der Waals surface area contributed by atoms with Gasteiger partial charge in [-0.05, 0) is 53.1 Å². The number of halogens is 2. The second-order valence-electron chi connectivity index (χ2n) is 8.17. The third-order valence-corrected chi connectivity index (χ3v) is 6.86. The Labute approximate surface area is 194 Å². The first-order valence-corrected chi connectivity index (χ1v) is 11.6. The van der Waals surface area contributed by atoms with E-state index in [0.717, 1.165) is 20.3 Å². The molecule has 4 aromatic carbocycles. The highest BCUT2D eigenvalue weighted by Gasteiger charge is 2.37. The molecule has 0 fully saturated rings. The average molecular weight is 519 g/mol. The Morgan fingerprint density at radius 3 is 2.00 bits per heavy atom. The number of benzene rings is 4. The number of para-hydroxylation sites is 1. The van der Waals surface area contributed by atoms with Crippen LogP contribution in [0.4, 0.5) is 17.1 Å². The Hall–Kier alpha value is -2.36. The quantitative estimate of drug-likeness (QED) is 0.261. The third-order valence-electron chi connectivity index (χ3n) is 5.95. The molecule has 5 rings (SSSR count). The molecule has 0 saturated heterocycles. The van der Waals surface area contributed by atoms with E-state index in [1.807, 2.05) is 0 Å². The number of hydrogen-bond donors (Lipinski definition) is 0. The highest BCUT2D eigenvalue weighted by atomic mass is 79.9. The Balaban J connectivity index is 1.83. The van der Waals surface area contributed by atoms with E-state index in [1.165, 1.54) is 27.9 Å². The Bertz CT molecular complexity index is 1220. The van der Waals surface area contributed by atoms with Gasteiger partial charge in [-0.25, -0.2) is 0 Å². The summed E-state index contributed by atoms with van der Waals surface area (Å²) in [5.41, 5.74) is 8.81. The molecule has 0 bridgehead atoms. The summed E-state index contributed by atoms with van der Waals surface area (Å²) >= 11 is 7.35. The van der Waals surface area contributed by atoms with Crippen LogP contribution in [0.15, 0.2) is 99.9 Å². The number of nitrogens with zero attached hydrogens (tertiary/aromatic N) is 1. The van der Waals surface area contributed by atoms with Crippen LogP contribution in [0.25, 0.3) is 11.1 Å². The van der Waals surface area contributed by atoms with E-state index in [0.29, 0.717) is 0 Å². The molecule has 0 aliphatic heterocycles. The van der Waals surface area contributed by atoms with Gasteiger partial charge in [0.25, 0.3) is 0 Å². The van der Waals surface area contributed by atoms with Crippen LogP contribution in [0.3, 0.4) is 0 Å². The van der Waals surface area contributed by atoms with Crippen LogP contribution >= 0.6 is 31.9 Å². The fraction of sp³-hybridized carbons (Fsp3) is 0.111. The zero-order valence-corrected chi connectivity index (χ0v) is 20.0. The van der Waals surface area contributed by atoms with E-state index < -0.39 is 0 Å². The van der Waals surface area contributed by atoms with Crippen molar-refractivity contribution in [3.05, 3.63) is 111 Å². The van der Waals surface area contributed by atoms with Crippen LogP contribution in [-0.4, -0.2) is 0 Å². The summed E-state index contributed by atoms with van der Waals surface area (Å²) in [6.07, 6.45) is 0. The molecule has 0 N–H and O–H groups in total. The van der Waals surface area contributed by atoms with Gasteiger partial charge in [0.15, 0.2) is 0 Å². The normalized spacial score (nSPS) is 13.6. The maximum Gasteiger partial charge on any atom is 0.0543 e. The van der Waals surface area contributed by atoms with E-state index >= 15 is 0 Å². The topological polar surface area (TPSA) is 3.24 Å². The van der Waals surface area contributed by atoms with Crippen LogP contribution in [0.2, 0.25) is 0 Å². The SMILES string of the molecule is CC1(C)c2ccccc2-c2c(N(c3ccccc3)c3cc(Br)cc(Br)c3)cccc21. The lowest BCUT2D eigenvalue weighted by atomic mass is 9.82. The molecule has 0 aromatic heterocycles. The standard InChI is InChI=1S/C27H21Br2N/c1-27(2)23-12-7-6-11-22(23)26-24(27)13-8-14-25(26)30(20-9-4-3-5-10-20)21-16-18(28)15-19(29)17-21/h3-17H,1-2H3. The molecule has 1 aliphatic rings. The van der Waals surface area contributed by atoms with E-state index in [4.69, 9.17) is 0 Å². The highest BCUT2D eigenvalue weighted by Crippen LogP contribution is 2.54. The Morgan fingerprint density at radius 2 is 1.27 bits per heavy atom. The maximum atomic E-state index is 3.68. The fourth-order valence-electron chi connectivity index (χ4n) is 4.59. The molecule has 0 amide bonds. The Morgan fingerprint density at radius 1 is 0.633 bits per heavy atom. The third kappa shape index (κ3) is 3.12. The summed E-state index contributed by atoms with van der Waals surface area (Å²) in [6.45, 7) is 4.65. The molecule has 3 heteroatoms. The van der Waals surface area contributed by atoms with Gasteiger partial charge < -0.3 is 4.90 Å². The van der Waals surface area contributed by atoms with Gasteiger partial charge >= 0.3 is 0 Å². The average Bonchev–Trinajstić information content (AvgIpc) is 2.97. The summed E-state index contributed by atoms with van der Waals surface area (Å²) in [5.74, 6) is 0. The van der Waals surface area contributed by atoms with Crippen molar-refractivity contribution in [2.24, 2.45) is 0 Å². The molecule has 0 radical (unpaired) electrons. The molecular weight excluding hydrogens is 498 g/mol. The van der Waals surface area contributed by atoms with Crippen LogP contribution < -0.4 is 4.90 Å². The highest BCUT2D eigenvalue weighted by molar-refractivity contribution is 9.11. The zero-order valence-electron chi connectivity index (χ0n) is 16.9. The first-order valence-electron chi connectivity index (χ1n) is 10.0. The van der Waals surface area contributed by atoms with Crippen molar-refractivity contribution in [2.75, 3.05) is 4.90 Å².